The number of esters is 1. The van der Waals surface area contributed by atoms with Crippen LogP contribution in [0.15, 0.2) is 33.8 Å². The van der Waals surface area contributed by atoms with Crippen LogP contribution in [0.2, 0.25) is 0 Å². The van der Waals surface area contributed by atoms with Crippen LogP contribution in [0.4, 0.5) is 10.3 Å². The second-order valence-corrected chi connectivity index (χ2v) is 7.61. The number of nitrogen functional groups attached to an aromatic ring is 1. The number of anilines is 1. The zero-order valence-corrected chi connectivity index (χ0v) is 19.0. The first kappa shape index (κ1) is 24.6. The summed E-state index contributed by atoms with van der Waals surface area (Å²) in [6.07, 6.45) is 0. The number of nitrogens with one attached hydrogen (secondary N) is 1. The first-order valence-corrected chi connectivity index (χ1v) is 10.8. The van der Waals surface area contributed by atoms with Crippen LogP contribution in [0.1, 0.15) is 39.2 Å². The summed E-state index contributed by atoms with van der Waals surface area (Å²) in [6, 6.07) is 5.41. The van der Waals surface area contributed by atoms with Crippen LogP contribution in [0.5, 0.6) is 5.75 Å². The lowest BCUT2D eigenvalue weighted by molar-refractivity contribution is -0.113. The summed E-state index contributed by atoms with van der Waals surface area (Å²) >= 11 is 0.956. The van der Waals surface area contributed by atoms with Gasteiger partial charge < -0.3 is 25.5 Å². The van der Waals surface area contributed by atoms with Crippen molar-refractivity contribution in [2.45, 2.75) is 25.6 Å². The average molecular weight is 492 g/mol. The molecule has 0 bridgehead atoms. The number of hydrogen-bond donors (Lipinski definition) is 3. The first-order valence-electron chi connectivity index (χ1n) is 9.81. The Hall–Kier alpha value is -4.07. The van der Waals surface area contributed by atoms with E-state index in [9.17, 15) is 18.8 Å². The third-order valence-corrected chi connectivity index (χ3v) is 5.26. The number of benzene rings is 1. The molecule has 0 saturated heterocycles. The zero-order valence-electron chi connectivity index (χ0n) is 18.2. The number of aryl methyl sites for hydroxylation is 1. The van der Waals surface area contributed by atoms with Gasteiger partial charge >= 0.3 is 5.97 Å². The SMILES string of the molecule is CCOC(=O)c1c(C)oc(NC(=O)CSc2nnc(COc3ccc(F)cc3)n2N)c1C(N)=O. The van der Waals surface area contributed by atoms with Gasteiger partial charge in [0.2, 0.25) is 16.9 Å². The molecule has 0 fully saturated rings. The summed E-state index contributed by atoms with van der Waals surface area (Å²) in [5.74, 6) is 3.53. The largest absolute Gasteiger partial charge is 0.486 e. The normalized spacial score (nSPS) is 10.7. The number of aromatic nitrogens is 3. The van der Waals surface area contributed by atoms with Gasteiger partial charge in [0.1, 0.15) is 35.1 Å². The minimum atomic E-state index is -0.963. The topological polar surface area (TPSA) is 178 Å². The molecule has 0 aliphatic heterocycles. The summed E-state index contributed by atoms with van der Waals surface area (Å²) in [7, 11) is 0. The highest BCUT2D eigenvalue weighted by molar-refractivity contribution is 7.99. The second kappa shape index (κ2) is 10.7. The highest BCUT2D eigenvalue weighted by atomic mass is 32.2. The minimum absolute atomic E-state index is 0.0355. The van der Waals surface area contributed by atoms with Crippen molar-refractivity contribution in [2.24, 2.45) is 5.73 Å². The van der Waals surface area contributed by atoms with Crippen molar-refractivity contribution < 1.29 is 32.7 Å². The van der Waals surface area contributed by atoms with Crippen LogP contribution in [0, 0.1) is 12.7 Å². The molecule has 34 heavy (non-hydrogen) atoms. The van der Waals surface area contributed by atoms with Crippen molar-refractivity contribution >= 4 is 35.4 Å². The summed E-state index contributed by atoms with van der Waals surface area (Å²) < 4.78 is 29.9. The van der Waals surface area contributed by atoms with Crippen LogP contribution in [0.25, 0.3) is 0 Å². The lowest BCUT2D eigenvalue weighted by Gasteiger charge is -2.07. The maximum Gasteiger partial charge on any atom is 0.342 e. The molecule has 1 aromatic carbocycles. The van der Waals surface area contributed by atoms with Crippen LogP contribution in [-0.4, -0.2) is 45.0 Å². The van der Waals surface area contributed by atoms with E-state index >= 15 is 0 Å². The van der Waals surface area contributed by atoms with Crippen molar-refractivity contribution in [1.82, 2.24) is 14.9 Å². The summed E-state index contributed by atoms with van der Waals surface area (Å²) in [5.41, 5.74) is 4.94. The maximum atomic E-state index is 13.0. The number of nitrogens with two attached hydrogens (primary N) is 2. The van der Waals surface area contributed by atoms with Gasteiger partial charge in [-0.3, -0.25) is 14.9 Å². The fourth-order valence-corrected chi connectivity index (χ4v) is 3.47. The van der Waals surface area contributed by atoms with Crippen LogP contribution in [0.3, 0.4) is 0 Å². The monoisotopic (exact) mass is 492 g/mol. The molecule has 0 aliphatic carbocycles. The van der Waals surface area contributed by atoms with Gasteiger partial charge in [0, 0.05) is 0 Å². The Morgan fingerprint density at radius 2 is 1.91 bits per heavy atom. The molecule has 0 atom stereocenters. The van der Waals surface area contributed by atoms with Crippen molar-refractivity contribution in [3.63, 3.8) is 0 Å². The van der Waals surface area contributed by atoms with E-state index in [0.29, 0.717) is 5.75 Å². The van der Waals surface area contributed by atoms with Gasteiger partial charge in [0.05, 0.1) is 12.4 Å². The van der Waals surface area contributed by atoms with Gasteiger partial charge in [-0.2, -0.15) is 0 Å². The molecular weight excluding hydrogens is 471 g/mol. The molecule has 0 radical (unpaired) electrons. The number of rotatable bonds is 10. The molecule has 5 N–H and O–H groups in total. The highest BCUT2D eigenvalue weighted by Gasteiger charge is 2.29. The van der Waals surface area contributed by atoms with Crippen molar-refractivity contribution in [3.8, 4) is 5.75 Å². The van der Waals surface area contributed by atoms with E-state index in [1.807, 2.05) is 0 Å². The molecule has 3 rings (SSSR count). The van der Waals surface area contributed by atoms with Crippen LogP contribution < -0.4 is 21.6 Å². The van der Waals surface area contributed by atoms with E-state index in [2.05, 4.69) is 15.5 Å². The third kappa shape index (κ3) is 5.64. The van der Waals surface area contributed by atoms with E-state index in [4.69, 9.17) is 25.5 Å². The number of ether oxygens (including phenoxy) is 2. The predicted molar refractivity (Wildman–Crippen MR) is 118 cm³/mol. The average Bonchev–Trinajstić information content (AvgIpc) is 3.31. The minimum Gasteiger partial charge on any atom is -0.486 e. The van der Waals surface area contributed by atoms with E-state index in [1.165, 1.54) is 31.2 Å². The number of carbonyl (C=O) groups is 3. The molecule has 0 saturated carbocycles. The van der Waals surface area contributed by atoms with E-state index in [-0.39, 0.29) is 52.7 Å². The molecule has 0 spiro atoms. The Morgan fingerprint density at radius 3 is 2.56 bits per heavy atom. The van der Waals surface area contributed by atoms with Gasteiger partial charge in [0.25, 0.3) is 5.91 Å². The number of carbonyl (C=O) groups excluding carboxylic acids is 3. The quantitative estimate of drug-likeness (QED) is 0.214. The molecule has 3 aromatic rings. The fraction of sp³-hybridized carbons (Fsp3) is 0.250. The van der Waals surface area contributed by atoms with E-state index < -0.39 is 23.6 Å². The standard InChI is InChI=1S/C20H21FN6O6S/c1-3-31-19(30)15-10(2)33-18(16(15)17(22)29)24-14(28)9-34-20-26-25-13(27(20)23)8-32-12-6-4-11(21)5-7-12/h4-7H,3,8-9,23H2,1-2H3,(H2,22,29)(H,24,28). The molecule has 12 nitrogen and oxygen atoms in total. The Bertz CT molecular complexity index is 1210. The molecule has 0 unspecified atom stereocenters. The number of amides is 2. The molecule has 2 aromatic heterocycles. The van der Waals surface area contributed by atoms with Crippen molar-refractivity contribution in [3.05, 3.63) is 52.8 Å². The van der Waals surface area contributed by atoms with E-state index in [1.54, 1.807) is 6.92 Å². The van der Waals surface area contributed by atoms with Crippen molar-refractivity contribution in [2.75, 3.05) is 23.5 Å². The Morgan fingerprint density at radius 1 is 1.21 bits per heavy atom. The number of hydrogen-bond acceptors (Lipinski definition) is 10. The Balaban J connectivity index is 1.62. The molecule has 0 aliphatic rings. The summed E-state index contributed by atoms with van der Waals surface area (Å²) in [6.45, 7) is 3.09. The zero-order chi connectivity index (χ0) is 24.8. The number of primary amides is 1. The number of nitrogens with zero attached hydrogens (tertiary/aromatic N) is 3. The maximum absolute atomic E-state index is 13.0. The van der Waals surface area contributed by atoms with Gasteiger partial charge in [0.15, 0.2) is 5.82 Å². The molecular formula is C20H21FN6O6S. The van der Waals surface area contributed by atoms with Crippen LogP contribution >= 0.6 is 11.8 Å². The van der Waals surface area contributed by atoms with Gasteiger partial charge in [-0.1, -0.05) is 11.8 Å². The number of thioether (sulfide) groups is 1. The lowest BCUT2D eigenvalue weighted by Crippen LogP contribution is -2.21. The highest BCUT2D eigenvalue weighted by Crippen LogP contribution is 2.28. The van der Waals surface area contributed by atoms with Gasteiger partial charge in [-0.25, -0.2) is 13.9 Å². The molecule has 2 amide bonds. The second-order valence-electron chi connectivity index (χ2n) is 6.67. The number of furan rings is 1. The van der Waals surface area contributed by atoms with Crippen molar-refractivity contribution in [1.29, 1.82) is 0 Å². The number of halogens is 1. The predicted octanol–water partition coefficient (Wildman–Crippen LogP) is 1.62. The van der Waals surface area contributed by atoms with Crippen LogP contribution in [-0.2, 0) is 16.1 Å². The molecule has 2 heterocycles. The smallest absolute Gasteiger partial charge is 0.342 e. The first-order chi connectivity index (χ1) is 16.2. The molecule has 180 valence electrons. The Kier molecular flexibility index (Phi) is 7.73. The summed E-state index contributed by atoms with van der Waals surface area (Å²) in [5, 5.41) is 10.4. The van der Waals surface area contributed by atoms with E-state index in [0.717, 1.165) is 16.4 Å². The third-order valence-electron chi connectivity index (χ3n) is 4.31. The molecule has 14 heteroatoms. The fourth-order valence-electron chi connectivity index (χ4n) is 2.79. The van der Waals surface area contributed by atoms with Gasteiger partial charge in [-0.05, 0) is 38.1 Å². The Labute approximate surface area is 196 Å². The van der Waals surface area contributed by atoms with Gasteiger partial charge in [-0.15, -0.1) is 10.2 Å². The lowest BCUT2D eigenvalue weighted by atomic mass is 10.1. The summed E-state index contributed by atoms with van der Waals surface area (Å²) in [4.78, 5) is 36.4.